The van der Waals surface area contributed by atoms with Crippen LogP contribution in [0.5, 0.6) is 0 Å². The smallest absolute Gasteiger partial charge is 0.248 e. The van der Waals surface area contributed by atoms with Gasteiger partial charge in [0.25, 0.3) is 0 Å². The van der Waals surface area contributed by atoms with Gasteiger partial charge < -0.3 is 11.1 Å². The number of carbonyl (C=O) groups is 2. The molecule has 5 nitrogen and oxygen atoms in total. The predicted molar refractivity (Wildman–Crippen MR) is 119 cm³/mol. The van der Waals surface area contributed by atoms with Crippen LogP contribution in [0.15, 0.2) is 48.5 Å². The van der Waals surface area contributed by atoms with Gasteiger partial charge in [0.05, 0.1) is 6.04 Å². The van der Waals surface area contributed by atoms with E-state index in [9.17, 15) is 9.59 Å². The fourth-order valence-corrected chi connectivity index (χ4v) is 3.18. The number of benzene rings is 2. The van der Waals surface area contributed by atoms with Crippen molar-refractivity contribution < 1.29 is 9.59 Å². The second kappa shape index (κ2) is 9.23. The van der Waals surface area contributed by atoms with Gasteiger partial charge in [0.2, 0.25) is 11.8 Å². The molecule has 0 saturated heterocycles. The molecule has 0 saturated carbocycles. The molecule has 5 heteroatoms. The predicted octanol–water partition coefficient (Wildman–Crippen LogP) is 4.40. The lowest BCUT2D eigenvalue weighted by Gasteiger charge is -2.27. The fourth-order valence-electron chi connectivity index (χ4n) is 3.18. The third-order valence-electron chi connectivity index (χ3n) is 5.06. The Hall–Kier alpha value is -2.66. The Balaban J connectivity index is 2.07. The van der Waals surface area contributed by atoms with Gasteiger partial charge in [-0.1, -0.05) is 58.9 Å². The van der Waals surface area contributed by atoms with E-state index in [2.05, 4.69) is 69.5 Å². The Morgan fingerprint density at radius 3 is 1.90 bits per heavy atom. The highest BCUT2D eigenvalue weighted by molar-refractivity contribution is 5.96. The van der Waals surface area contributed by atoms with E-state index in [4.69, 9.17) is 5.73 Å². The lowest BCUT2D eigenvalue weighted by Crippen LogP contribution is -2.41. The molecule has 2 rings (SSSR count). The minimum Gasteiger partial charge on any atom is -0.366 e. The lowest BCUT2D eigenvalue weighted by atomic mass is 9.85. The summed E-state index contributed by atoms with van der Waals surface area (Å²) in [6, 6.07) is 14.8. The summed E-state index contributed by atoms with van der Waals surface area (Å²) in [5.74, 6) is -0.301. The monoisotopic (exact) mass is 395 g/mol. The summed E-state index contributed by atoms with van der Waals surface area (Å²) in [6.07, 6.45) is 0. The van der Waals surface area contributed by atoms with Crippen LogP contribution in [-0.2, 0) is 10.2 Å². The van der Waals surface area contributed by atoms with Crippen LogP contribution in [0.1, 0.15) is 69.1 Å². The first-order valence-electron chi connectivity index (χ1n) is 10.1. The SMILES string of the molecule is CC(C)[C@H](N[C@@H](C)C(=O)Nc1ccc(C(N)=O)cc1)c1ccc(C(C)(C)C)cc1. The molecule has 29 heavy (non-hydrogen) atoms. The zero-order chi connectivity index (χ0) is 21.8. The van der Waals surface area contributed by atoms with E-state index < -0.39 is 5.91 Å². The molecule has 2 amide bonds. The Morgan fingerprint density at radius 1 is 0.897 bits per heavy atom. The molecule has 0 aliphatic rings. The standard InChI is InChI=1S/C24H33N3O2/c1-15(2)21(17-7-11-19(12-8-17)24(4,5)6)26-16(3)23(29)27-20-13-9-18(10-14-20)22(25)28/h7-16,21,26H,1-6H3,(H2,25,28)(H,27,29)/t16-,21-/m0/s1. The number of carbonyl (C=O) groups excluding carboxylic acids is 2. The highest BCUT2D eigenvalue weighted by Crippen LogP contribution is 2.27. The normalized spacial score (nSPS) is 13.8. The van der Waals surface area contributed by atoms with E-state index in [0.29, 0.717) is 17.2 Å². The van der Waals surface area contributed by atoms with Crippen LogP contribution >= 0.6 is 0 Å². The highest BCUT2D eigenvalue weighted by Gasteiger charge is 2.23. The summed E-state index contributed by atoms with van der Waals surface area (Å²) in [7, 11) is 0. The third-order valence-corrected chi connectivity index (χ3v) is 5.06. The van der Waals surface area contributed by atoms with Crippen molar-refractivity contribution in [2.45, 2.75) is 59.0 Å². The molecule has 4 N–H and O–H groups in total. The number of nitrogens with one attached hydrogen (secondary N) is 2. The molecule has 0 radical (unpaired) electrons. The molecule has 0 aliphatic heterocycles. The first kappa shape index (κ1) is 22.6. The molecular weight excluding hydrogens is 362 g/mol. The molecule has 0 fully saturated rings. The molecule has 0 aliphatic carbocycles. The van der Waals surface area contributed by atoms with Crippen molar-refractivity contribution in [3.63, 3.8) is 0 Å². The number of amides is 2. The third kappa shape index (κ3) is 6.16. The molecule has 2 aromatic rings. The second-order valence-corrected chi connectivity index (χ2v) is 8.91. The Bertz CT molecular complexity index is 834. The Labute approximate surface area is 174 Å². The van der Waals surface area contributed by atoms with Crippen LogP contribution in [0.25, 0.3) is 0 Å². The van der Waals surface area contributed by atoms with Gasteiger partial charge >= 0.3 is 0 Å². The van der Waals surface area contributed by atoms with E-state index in [0.717, 1.165) is 0 Å². The van der Waals surface area contributed by atoms with E-state index in [1.54, 1.807) is 24.3 Å². The molecule has 0 unspecified atom stereocenters. The van der Waals surface area contributed by atoms with Crippen molar-refractivity contribution >= 4 is 17.5 Å². The molecule has 2 atom stereocenters. The largest absolute Gasteiger partial charge is 0.366 e. The van der Waals surface area contributed by atoms with E-state index >= 15 is 0 Å². The first-order chi connectivity index (χ1) is 13.5. The van der Waals surface area contributed by atoms with Crippen molar-refractivity contribution in [3.8, 4) is 0 Å². The van der Waals surface area contributed by atoms with Gasteiger partial charge in [0.1, 0.15) is 0 Å². The minimum atomic E-state index is -0.491. The van der Waals surface area contributed by atoms with E-state index in [1.807, 2.05) is 6.92 Å². The van der Waals surface area contributed by atoms with E-state index in [1.165, 1.54) is 11.1 Å². The lowest BCUT2D eigenvalue weighted by molar-refractivity contribution is -0.118. The number of rotatable bonds is 7. The van der Waals surface area contributed by atoms with Gasteiger partial charge in [-0.05, 0) is 53.6 Å². The zero-order valence-corrected chi connectivity index (χ0v) is 18.2. The van der Waals surface area contributed by atoms with Gasteiger partial charge in [0, 0.05) is 17.3 Å². The van der Waals surface area contributed by atoms with Crippen LogP contribution in [-0.4, -0.2) is 17.9 Å². The van der Waals surface area contributed by atoms with Gasteiger partial charge in [-0.2, -0.15) is 0 Å². The molecule has 0 bridgehead atoms. The molecule has 0 spiro atoms. The molecule has 2 aromatic carbocycles. The Kier molecular flexibility index (Phi) is 7.20. The summed E-state index contributed by atoms with van der Waals surface area (Å²) in [5.41, 5.74) is 8.85. The topological polar surface area (TPSA) is 84.2 Å². The van der Waals surface area contributed by atoms with Crippen molar-refractivity contribution in [1.29, 1.82) is 0 Å². The van der Waals surface area contributed by atoms with Crippen LogP contribution in [0.3, 0.4) is 0 Å². The summed E-state index contributed by atoms with van der Waals surface area (Å²) in [5, 5.41) is 6.33. The van der Waals surface area contributed by atoms with Gasteiger partial charge in [0.15, 0.2) is 0 Å². The molecular formula is C24H33N3O2. The molecule has 0 aromatic heterocycles. The average Bonchev–Trinajstić information content (AvgIpc) is 2.65. The zero-order valence-electron chi connectivity index (χ0n) is 18.2. The van der Waals surface area contributed by atoms with Crippen LogP contribution in [0.4, 0.5) is 5.69 Å². The van der Waals surface area contributed by atoms with Crippen molar-refractivity contribution in [2.75, 3.05) is 5.32 Å². The maximum absolute atomic E-state index is 12.6. The van der Waals surface area contributed by atoms with Gasteiger partial charge in [-0.25, -0.2) is 0 Å². The van der Waals surface area contributed by atoms with Crippen molar-refractivity contribution in [2.24, 2.45) is 11.7 Å². The highest BCUT2D eigenvalue weighted by atomic mass is 16.2. The number of anilines is 1. The van der Waals surface area contributed by atoms with Gasteiger partial charge in [-0.3, -0.25) is 14.9 Å². The summed E-state index contributed by atoms with van der Waals surface area (Å²) >= 11 is 0. The number of nitrogens with two attached hydrogens (primary N) is 1. The summed E-state index contributed by atoms with van der Waals surface area (Å²) in [6.45, 7) is 12.7. The van der Waals surface area contributed by atoms with Crippen molar-refractivity contribution in [3.05, 3.63) is 65.2 Å². The maximum atomic E-state index is 12.6. The number of hydrogen-bond acceptors (Lipinski definition) is 3. The van der Waals surface area contributed by atoms with Crippen LogP contribution in [0, 0.1) is 5.92 Å². The molecule has 0 heterocycles. The second-order valence-electron chi connectivity index (χ2n) is 8.91. The van der Waals surface area contributed by atoms with Crippen LogP contribution < -0.4 is 16.4 Å². The Morgan fingerprint density at radius 2 is 1.45 bits per heavy atom. The number of primary amides is 1. The average molecular weight is 396 g/mol. The van der Waals surface area contributed by atoms with E-state index in [-0.39, 0.29) is 23.4 Å². The molecule has 156 valence electrons. The summed E-state index contributed by atoms with van der Waals surface area (Å²) < 4.78 is 0. The van der Waals surface area contributed by atoms with Gasteiger partial charge in [-0.15, -0.1) is 0 Å². The van der Waals surface area contributed by atoms with Crippen molar-refractivity contribution in [1.82, 2.24) is 5.32 Å². The maximum Gasteiger partial charge on any atom is 0.248 e. The van der Waals surface area contributed by atoms with Crippen LogP contribution in [0.2, 0.25) is 0 Å². The number of hydrogen-bond donors (Lipinski definition) is 3. The summed E-state index contributed by atoms with van der Waals surface area (Å²) in [4.78, 5) is 23.8. The fraction of sp³-hybridized carbons (Fsp3) is 0.417. The quantitative estimate of drug-likeness (QED) is 0.650. The first-order valence-corrected chi connectivity index (χ1v) is 10.1. The minimum absolute atomic E-state index is 0.0574.